The lowest BCUT2D eigenvalue weighted by Gasteiger charge is -2.48. The zero-order valence-electron chi connectivity index (χ0n) is 11.5. The van der Waals surface area contributed by atoms with Gasteiger partial charge in [-0.1, -0.05) is 13.3 Å². The number of carbonyl (C=O) groups excluding carboxylic acids is 1. The highest BCUT2D eigenvalue weighted by molar-refractivity contribution is 5.87. The van der Waals surface area contributed by atoms with Gasteiger partial charge in [-0.25, -0.2) is 0 Å². The number of Topliss-reactive ketones (excluding diaryl/α,β-unsaturated/α-hetero) is 1. The number of ketones is 1. The molecule has 0 saturated heterocycles. The fraction of sp³-hybridized carbons (Fsp3) is 0.938. The van der Waals surface area contributed by atoms with Crippen LogP contribution >= 0.6 is 0 Å². The van der Waals surface area contributed by atoms with Gasteiger partial charge in [0.2, 0.25) is 0 Å². The quantitative estimate of drug-likeness (QED) is 0.817. The molecule has 102 valence electrons. The first-order chi connectivity index (χ1) is 8.63. The molecule has 18 heavy (non-hydrogen) atoms. The molecule has 0 aliphatic heterocycles. The maximum atomic E-state index is 12.1. The minimum atomic E-state index is 0.0327. The monoisotopic (exact) mass is 250 g/mol. The molecule has 0 unspecified atom stereocenters. The summed E-state index contributed by atoms with van der Waals surface area (Å²) in [5.41, 5.74) is 0.0327. The van der Waals surface area contributed by atoms with E-state index in [-0.39, 0.29) is 5.41 Å². The highest BCUT2D eigenvalue weighted by Gasteiger charge is 2.52. The Morgan fingerprint density at radius 1 is 1.22 bits per heavy atom. The van der Waals surface area contributed by atoms with Gasteiger partial charge in [-0.3, -0.25) is 4.79 Å². The molecule has 3 saturated carbocycles. The molecule has 0 aromatic carbocycles. The molecule has 3 fully saturated rings. The Kier molecular flexibility index (Phi) is 3.25. The van der Waals surface area contributed by atoms with Gasteiger partial charge in [0.15, 0.2) is 0 Å². The van der Waals surface area contributed by atoms with Crippen molar-refractivity contribution in [3.63, 3.8) is 0 Å². The smallest absolute Gasteiger partial charge is 0.139 e. The van der Waals surface area contributed by atoms with Crippen LogP contribution in [0.4, 0.5) is 0 Å². The van der Waals surface area contributed by atoms with Crippen molar-refractivity contribution in [3.05, 3.63) is 0 Å². The standard InChI is InChI=1S/C16H26O2/c1-16-10-12-3-2-11(6-7-17)8-13(12)9-14(16)4-5-15(16)18/h11-14,17H,2-10H2,1H3/t11-,12-,13-,14+,16+/m1/s1. The third-order valence-corrected chi connectivity index (χ3v) is 6.32. The predicted octanol–water partition coefficient (Wildman–Crippen LogP) is 3.18. The van der Waals surface area contributed by atoms with E-state index in [2.05, 4.69) is 6.92 Å². The molecular formula is C16H26O2. The molecule has 0 spiro atoms. The Bertz CT molecular complexity index is 338. The van der Waals surface area contributed by atoms with Gasteiger partial charge in [-0.15, -0.1) is 0 Å². The summed E-state index contributed by atoms with van der Waals surface area (Å²) in [7, 11) is 0. The van der Waals surface area contributed by atoms with Crippen LogP contribution in [0.1, 0.15) is 58.3 Å². The maximum Gasteiger partial charge on any atom is 0.139 e. The van der Waals surface area contributed by atoms with E-state index in [0.29, 0.717) is 18.3 Å². The van der Waals surface area contributed by atoms with Crippen LogP contribution in [0.15, 0.2) is 0 Å². The molecule has 5 atom stereocenters. The first-order valence-electron chi connectivity index (χ1n) is 7.77. The third kappa shape index (κ3) is 1.93. The normalized spacial score (nSPS) is 47.8. The molecule has 0 aromatic heterocycles. The summed E-state index contributed by atoms with van der Waals surface area (Å²) in [5, 5.41) is 9.10. The van der Waals surface area contributed by atoms with Crippen molar-refractivity contribution in [2.45, 2.75) is 58.3 Å². The van der Waals surface area contributed by atoms with E-state index in [9.17, 15) is 4.79 Å². The SMILES string of the molecule is C[C@]12C[C@H]3CC[C@H](CCO)C[C@@H]3C[C@@H]1CCC2=O. The molecule has 0 amide bonds. The summed E-state index contributed by atoms with van der Waals surface area (Å²) in [6.45, 7) is 2.59. The van der Waals surface area contributed by atoms with Crippen molar-refractivity contribution in [3.8, 4) is 0 Å². The molecule has 0 aromatic rings. The summed E-state index contributed by atoms with van der Waals surface area (Å²) in [4.78, 5) is 12.1. The molecular weight excluding hydrogens is 224 g/mol. The lowest BCUT2D eigenvalue weighted by atomic mass is 9.56. The zero-order valence-corrected chi connectivity index (χ0v) is 11.5. The Morgan fingerprint density at radius 3 is 2.83 bits per heavy atom. The molecule has 2 nitrogen and oxygen atoms in total. The van der Waals surface area contributed by atoms with Crippen molar-refractivity contribution >= 4 is 5.78 Å². The number of hydrogen-bond acceptors (Lipinski definition) is 2. The number of carbonyl (C=O) groups is 1. The fourth-order valence-corrected chi connectivity index (χ4v) is 5.13. The van der Waals surface area contributed by atoms with Gasteiger partial charge < -0.3 is 5.11 Å². The number of rotatable bonds is 2. The first kappa shape index (κ1) is 12.7. The average molecular weight is 250 g/mol. The second-order valence-electron chi connectivity index (χ2n) is 7.23. The molecule has 0 radical (unpaired) electrons. The number of aliphatic hydroxyl groups excluding tert-OH is 1. The molecule has 1 N–H and O–H groups in total. The van der Waals surface area contributed by atoms with Crippen molar-refractivity contribution in [1.82, 2.24) is 0 Å². The second kappa shape index (κ2) is 4.63. The first-order valence-corrected chi connectivity index (χ1v) is 7.77. The minimum absolute atomic E-state index is 0.0327. The van der Waals surface area contributed by atoms with Gasteiger partial charge in [0, 0.05) is 18.4 Å². The summed E-state index contributed by atoms with van der Waals surface area (Å²) in [6, 6.07) is 0. The summed E-state index contributed by atoms with van der Waals surface area (Å²) in [6.07, 6.45) is 9.30. The molecule has 3 aliphatic rings. The van der Waals surface area contributed by atoms with Gasteiger partial charge in [0.05, 0.1) is 0 Å². The van der Waals surface area contributed by atoms with Crippen LogP contribution in [0.2, 0.25) is 0 Å². The molecule has 0 heterocycles. The van der Waals surface area contributed by atoms with Crippen molar-refractivity contribution in [1.29, 1.82) is 0 Å². The van der Waals surface area contributed by atoms with E-state index in [1.165, 1.54) is 25.7 Å². The molecule has 0 bridgehead atoms. The van der Waals surface area contributed by atoms with E-state index in [1.54, 1.807) is 0 Å². The summed E-state index contributed by atoms with van der Waals surface area (Å²) >= 11 is 0. The van der Waals surface area contributed by atoms with Crippen LogP contribution in [0.25, 0.3) is 0 Å². The van der Waals surface area contributed by atoms with Crippen LogP contribution in [0, 0.1) is 29.1 Å². The van der Waals surface area contributed by atoms with E-state index in [1.807, 2.05) is 0 Å². The third-order valence-electron chi connectivity index (χ3n) is 6.32. The van der Waals surface area contributed by atoms with E-state index in [0.717, 1.165) is 43.4 Å². The van der Waals surface area contributed by atoms with Gasteiger partial charge in [-0.05, 0) is 62.2 Å². The molecule has 3 rings (SSSR count). The van der Waals surface area contributed by atoms with E-state index < -0.39 is 0 Å². The average Bonchev–Trinajstić information content (AvgIpc) is 2.63. The highest BCUT2D eigenvalue weighted by Crippen LogP contribution is 2.57. The Balaban J connectivity index is 1.70. The zero-order chi connectivity index (χ0) is 12.8. The van der Waals surface area contributed by atoms with Crippen LogP contribution in [0.3, 0.4) is 0 Å². The fourth-order valence-electron chi connectivity index (χ4n) is 5.13. The summed E-state index contributed by atoms with van der Waals surface area (Å²) < 4.78 is 0. The maximum absolute atomic E-state index is 12.1. The topological polar surface area (TPSA) is 37.3 Å². The lowest BCUT2D eigenvalue weighted by molar-refractivity contribution is -0.130. The van der Waals surface area contributed by atoms with Crippen molar-refractivity contribution < 1.29 is 9.90 Å². The highest BCUT2D eigenvalue weighted by atomic mass is 16.3. The van der Waals surface area contributed by atoms with Crippen molar-refractivity contribution in [2.75, 3.05) is 6.61 Å². The Morgan fingerprint density at radius 2 is 2.06 bits per heavy atom. The number of aliphatic hydroxyl groups is 1. The lowest BCUT2D eigenvalue weighted by Crippen LogP contribution is -2.42. The molecule has 3 aliphatic carbocycles. The van der Waals surface area contributed by atoms with Gasteiger partial charge >= 0.3 is 0 Å². The van der Waals surface area contributed by atoms with Crippen molar-refractivity contribution in [2.24, 2.45) is 29.1 Å². The molecule has 2 heteroatoms. The number of hydrogen-bond donors (Lipinski definition) is 1. The second-order valence-corrected chi connectivity index (χ2v) is 7.23. The van der Waals surface area contributed by atoms with Gasteiger partial charge in [-0.2, -0.15) is 0 Å². The minimum Gasteiger partial charge on any atom is -0.396 e. The van der Waals surface area contributed by atoms with E-state index in [4.69, 9.17) is 5.11 Å². The van der Waals surface area contributed by atoms with Crippen LogP contribution in [-0.4, -0.2) is 17.5 Å². The van der Waals surface area contributed by atoms with Crippen LogP contribution in [0.5, 0.6) is 0 Å². The van der Waals surface area contributed by atoms with Crippen LogP contribution < -0.4 is 0 Å². The largest absolute Gasteiger partial charge is 0.396 e. The van der Waals surface area contributed by atoms with Crippen LogP contribution in [-0.2, 0) is 4.79 Å². The van der Waals surface area contributed by atoms with Gasteiger partial charge in [0.25, 0.3) is 0 Å². The van der Waals surface area contributed by atoms with Gasteiger partial charge in [0.1, 0.15) is 5.78 Å². The number of fused-ring (bicyclic) bond motifs is 2. The Hall–Kier alpha value is -0.370. The Labute approximate surface area is 110 Å². The van der Waals surface area contributed by atoms with E-state index >= 15 is 0 Å². The predicted molar refractivity (Wildman–Crippen MR) is 71.1 cm³/mol. The summed E-state index contributed by atoms with van der Waals surface area (Å²) in [5.74, 6) is 3.60.